The molecular formula is C22H15ClO2S2. The van der Waals surface area contributed by atoms with Gasteiger partial charge < -0.3 is 0 Å². The van der Waals surface area contributed by atoms with E-state index in [9.17, 15) is 8.42 Å². The number of halogens is 1. The fourth-order valence-corrected chi connectivity index (χ4v) is 5.98. The summed E-state index contributed by atoms with van der Waals surface area (Å²) >= 11 is 7.41. The van der Waals surface area contributed by atoms with Crippen LogP contribution in [-0.4, -0.2) is 8.42 Å². The van der Waals surface area contributed by atoms with Crippen LogP contribution in [0, 0.1) is 0 Å². The van der Waals surface area contributed by atoms with Gasteiger partial charge >= 0.3 is 0 Å². The van der Waals surface area contributed by atoms with Gasteiger partial charge in [0.25, 0.3) is 0 Å². The van der Waals surface area contributed by atoms with E-state index >= 15 is 0 Å². The van der Waals surface area contributed by atoms with Crippen molar-refractivity contribution in [3.63, 3.8) is 0 Å². The number of thioether (sulfide) groups is 1. The Balaban J connectivity index is 1.93. The Morgan fingerprint density at radius 1 is 0.778 bits per heavy atom. The van der Waals surface area contributed by atoms with Crippen LogP contribution in [0.25, 0.3) is 11.0 Å². The van der Waals surface area contributed by atoms with E-state index in [0.717, 1.165) is 10.5 Å². The highest BCUT2D eigenvalue weighted by atomic mass is 35.5. The molecule has 0 amide bonds. The standard InChI is InChI=1S/C22H15ClO2S2/c23-18-11-13-19(14-12-18)27(24,25)22(17-7-2-1-3-8-17)21-15-10-16-6-4-5-9-20(16)26-21/h1-15H/b22-21+. The number of hydrogen-bond donors (Lipinski definition) is 0. The number of fused-ring (bicyclic) bond motifs is 1. The molecule has 4 rings (SSSR count). The number of rotatable bonds is 3. The predicted molar refractivity (Wildman–Crippen MR) is 113 cm³/mol. The molecule has 0 saturated heterocycles. The van der Waals surface area contributed by atoms with Crippen molar-refractivity contribution in [2.24, 2.45) is 0 Å². The molecule has 3 aromatic rings. The van der Waals surface area contributed by atoms with E-state index in [1.165, 1.54) is 11.8 Å². The van der Waals surface area contributed by atoms with Gasteiger partial charge in [0.15, 0.2) is 0 Å². The molecular weight excluding hydrogens is 396 g/mol. The third kappa shape index (κ3) is 3.61. The average Bonchev–Trinajstić information content (AvgIpc) is 2.69. The van der Waals surface area contributed by atoms with Crippen LogP contribution in [0.1, 0.15) is 11.1 Å². The molecule has 1 aliphatic heterocycles. The highest BCUT2D eigenvalue weighted by Crippen LogP contribution is 2.43. The van der Waals surface area contributed by atoms with Crippen LogP contribution in [0.15, 0.2) is 99.6 Å². The summed E-state index contributed by atoms with van der Waals surface area (Å²) in [7, 11) is -3.72. The highest BCUT2D eigenvalue weighted by Gasteiger charge is 2.27. The topological polar surface area (TPSA) is 34.1 Å². The van der Waals surface area contributed by atoms with Gasteiger partial charge in [0.05, 0.1) is 9.80 Å². The van der Waals surface area contributed by atoms with Gasteiger partial charge in [-0.05, 0) is 47.5 Å². The molecule has 3 aromatic carbocycles. The lowest BCUT2D eigenvalue weighted by Gasteiger charge is -2.18. The van der Waals surface area contributed by atoms with E-state index in [1.807, 2.05) is 66.7 Å². The van der Waals surface area contributed by atoms with E-state index < -0.39 is 9.84 Å². The molecule has 0 aromatic heterocycles. The van der Waals surface area contributed by atoms with Gasteiger partial charge in [0.2, 0.25) is 9.84 Å². The number of allylic oxidation sites excluding steroid dienone is 1. The van der Waals surface area contributed by atoms with Gasteiger partial charge in [-0.3, -0.25) is 0 Å². The zero-order chi connectivity index (χ0) is 18.9. The fraction of sp³-hybridized carbons (Fsp3) is 0. The van der Waals surface area contributed by atoms with Crippen molar-refractivity contribution in [3.8, 4) is 0 Å². The summed E-state index contributed by atoms with van der Waals surface area (Å²) in [5.74, 6) is 0. The summed E-state index contributed by atoms with van der Waals surface area (Å²) in [6.07, 6.45) is 3.84. The first-order valence-electron chi connectivity index (χ1n) is 8.31. The minimum absolute atomic E-state index is 0.228. The van der Waals surface area contributed by atoms with Crippen molar-refractivity contribution in [1.82, 2.24) is 0 Å². The summed E-state index contributed by atoms with van der Waals surface area (Å²) in [6.45, 7) is 0. The molecule has 0 saturated carbocycles. The van der Waals surface area contributed by atoms with Crippen LogP contribution in [-0.2, 0) is 9.84 Å². The largest absolute Gasteiger partial charge is 0.218 e. The van der Waals surface area contributed by atoms with Gasteiger partial charge in [-0.25, -0.2) is 8.42 Å². The van der Waals surface area contributed by atoms with E-state index in [4.69, 9.17) is 11.6 Å². The summed E-state index contributed by atoms with van der Waals surface area (Å²) in [6, 6.07) is 23.5. The number of hydrogen-bond acceptors (Lipinski definition) is 3. The first-order valence-corrected chi connectivity index (χ1v) is 11.0. The number of sulfone groups is 1. The van der Waals surface area contributed by atoms with Crippen LogP contribution in [0.4, 0.5) is 0 Å². The zero-order valence-corrected chi connectivity index (χ0v) is 16.6. The smallest absolute Gasteiger partial charge is 0.208 e. The first kappa shape index (κ1) is 18.1. The van der Waals surface area contributed by atoms with Gasteiger partial charge in [0.1, 0.15) is 0 Å². The Morgan fingerprint density at radius 2 is 1.44 bits per heavy atom. The zero-order valence-electron chi connectivity index (χ0n) is 14.2. The molecule has 0 bridgehead atoms. The maximum atomic E-state index is 13.5. The Morgan fingerprint density at radius 3 is 2.19 bits per heavy atom. The van der Waals surface area contributed by atoms with Crippen LogP contribution in [0.3, 0.4) is 0 Å². The first-order chi connectivity index (χ1) is 13.1. The Kier molecular flexibility index (Phi) is 4.96. The predicted octanol–water partition coefficient (Wildman–Crippen LogP) is 6.30. The summed E-state index contributed by atoms with van der Waals surface area (Å²) in [5, 5.41) is 0.503. The average molecular weight is 411 g/mol. The second kappa shape index (κ2) is 7.39. The molecule has 0 spiro atoms. The fourth-order valence-electron chi connectivity index (χ4n) is 2.90. The molecule has 2 nitrogen and oxygen atoms in total. The maximum Gasteiger partial charge on any atom is 0.208 e. The molecule has 0 atom stereocenters. The van der Waals surface area contributed by atoms with Crippen molar-refractivity contribution in [2.75, 3.05) is 0 Å². The van der Waals surface area contributed by atoms with Crippen molar-refractivity contribution in [3.05, 3.63) is 106 Å². The normalized spacial score (nSPS) is 15.3. The monoisotopic (exact) mass is 410 g/mol. The molecule has 134 valence electrons. The Hall–Kier alpha value is -2.27. The van der Waals surface area contributed by atoms with E-state index in [1.54, 1.807) is 24.3 Å². The molecule has 1 aliphatic rings. The highest BCUT2D eigenvalue weighted by molar-refractivity contribution is 8.06. The lowest BCUT2D eigenvalue weighted by molar-refractivity contribution is 0.606. The molecule has 0 unspecified atom stereocenters. The summed E-state index contributed by atoms with van der Waals surface area (Å²) in [4.78, 5) is 2.27. The minimum atomic E-state index is -3.72. The van der Waals surface area contributed by atoms with E-state index in [0.29, 0.717) is 20.4 Å². The molecule has 1 heterocycles. The van der Waals surface area contributed by atoms with Crippen molar-refractivity contribution in [1.29, 1.82) is 0 Å². The molecule has 0 N–H and O–H groups in total. The molecule has 0 radical (unpaired) electrons. The second-order valence-corrected chi connectivity index (χ2v) is 9.40. The lowest BCUT2D eigenvalue weighted by Crippen LogP contribution is -2.07. The molecule has 0 fully saturated rings. The van der Waals surface area contributed by atoms with Gasteiger partial charge in [0, 0.05) is 14.8 Å². The maximum absolute atomic E-state index is 13.5. The van der Waals surface area contributed by atoms with E-state index in [2.05, 4.69) is 0 Å². The van der Waals surface area contributed by atoms with Crippen LogP contribution in [0.5, 0.6) is 0 Å². The third-order valence-corrected chi connectivity index (χ3v) is 7.62. The van der Waals surface area contributed by atoms with Crippen LogP contribution in [0.2, 0.25) is 5.02 Å². The van der Waals surface area contributed by atoms with Crippen LogP contribution >= 0.6 is 23.4 Å². The SMILES string of the molecule is O=S(=O)(/C(=C1\C=Cc2ccccc2S1)c1ccccc1)c1ccc(Cl)cc1. The quantitative estimate of drug-likeness (QED) is 0.508. The van der Waals surface area contributed by atoms with Gasteiger partial charge in [-0.1, -0.05) is 78.0 Å². The molecule has 27 heavy (non-hydrogen) atoms. The third-order valence-electron chi connectivity index (χ3n) is 4.21. The lowest BCUT2D eigenvalue weighted by atomic mass is 10.1. The summed E-state index contributed by atoms with van der Waals surface area (Å²) in [5.41, 5.74) is 1.75. The van der Waals surface area contributed by atoms with Crippen molar-refractivity contribution < 1.29 is 8.42 Å². The van der Waals surface area contributed by atoms with Gasteiger partial charge in [-0.2, -0.15) is 0 Å². The summed E-state index contributed by atoms with van der Waals surface area (Å²) < 4.78 is 27.0. The Bertz CT molecular complexity index is 1150. The second-order valence-electron chi connectivity index (χ2n) is 5.99. The van der Waals surface area contributed by atoms with Crippen molar-refractivity contribution in [2.45, 2.75) is 9.79 Å². The van der Waals surface area contributed by atoms with E-state index in [-0.39, 0.29) is 4.90 Å². The number of benzene rings is 3. The minimum Gasteiger partial charge on any atom is -0.218 e. The molecule has 5 heteroatoms. The molecule has 0 aliphatic carbocycles. The Labute approximate surface area is 168 Å². The van der Waals surface area contributed by atoms with Gasteiger partial charge in [-0.15, -0.1) is 0 Å². The van der Waals surface area contributed by atoms with Crippen molar-refractivity contribution >= 4 is 44.2 Å². The van der Waals surface area contributed by atoms with Crippen LogP contribution < -0.4 is 0 Å².